The van der Waals surface area contributed by atoms with E-state index in [9.17, 15) is 4.79 Å². The van der Waals surface area contributed by atoms with Crippen molar-refractivity contribution in [2.45, 2.75) is 13.5 Å². The number of carbonyl (C=O) groups excluding carboxylic acids is 1. The fraction of sp³-hybridized carbons (Fsp3) is 0.118. The molecule has 0 saturated carbocycles. The fourth-order valence-electron chi connectivity index (χ4n) is 2.44. The van der Waals surface area contributed by atoms with E-state index in [1.165, 1.54) is 0 Å². The third kappa shape index (κ3) is 2.68. The molecule has 23 heavy (non-hydrogen) atoms. The van der Waals surface area contributed by atoms with Crippen molar-refractivity contribution in [3.8, 4) is 0 Å². The van der Waals surface area contributed by atoms with Crippen LogP contribution in [0.15, 0.2) is 48.8 Å². The molecule has 114 valence electrons. The summed E-state index contributed by atoms with van der Waals surface area (Å²) in [5.41, 5.74) is 3.27. The van der Waals surface area contributed by atoms with E-state index in [-0.39, 0.29) is 5.91 Å². The number of thiazole rings is 1. The minimum Gasteiger partial charge on any atom is -0.344 e. The highest BCUT2D eigenvalue weighted by atomic mass is 32.1. The molecule has 0 bridgehead atoms. The Labute approximate surface area is 136 Å². The summed E-state index contributed by atoms with van der Waals surface area (Å²) in [6.07, 6.45) is 3.64. The lowest BCUT2D eigenvalue weighted by Crippen LogP contribution is -2.22. The Bertz CT molecular complexity index is 985. The van der Waals surface area contributed by atoms with Gasteiger partial charge >= 0.3 is 0 Å². The Morgan fingerprint density at radius 3 is 3.00 bits per heavy atom. The van der Waals surface area contributed by atoms with E-state index in [4.69, 9.17) is 0 Å². The Hall–Kier alpha value is -2.73. The Morgan fingerprint density at radius 1 is 1.26 bits per heavy atom. The highest BCUT2D eigenvalue weighted by Crippen LogP contribution is 2.21. The number of carbonyl (C=O) groups is 1. The van der Waals surface area contributed by atoms with Crippen molar-refractivity contribution in [2.24, 2.45) is 0 Å². The zero-order valence-corrected chi connectivity index (χ0v) is 13.3. The topological polar surface area (TPSA) is 59.3 Å². The first kappa shape index (κ1) is 13.9. The monoisotopic (exact) mass is 322 g/mol. The van der Waals surface area contributed by atoms with Gasteiger partial charge < -0.3 is 9.72 Å². The van der Waals surface area contributed by atoms with Crippen molar-refractivity contribution in [3.63, 3.8) is 0 Å². The van der Waals surface area contributed by atoms with Crippen LogP contribution in [-0.4, -0.2) is 20.3 Å². The highest BCUT2D eigenvalue weighted by Gasteiger charge is 2.11. The van der Waals surface area contributed by atoms with E-state index < -0.39 is 0 Å². The van der Waals surface area contributed by atoms with Gasteiger partial charge in [-0.3, -0.25) is 4.79 Å². The van der Waals surface area contributed by atoms with Gasteiger partial charge in [-0.15, -0.1) is 11.3 Å². The molecule has 3 heterocycles. The van der Waals surface area contributed by atoms with Crippen molar-refractivity contribution in [1.29, 1.82) is 0 Å². The average molecular weight is 322 g/mol. The molecule has 0 aliphatic carbocycles. The second-order valence-corrected chi connectivity index (χ2v) is 6.47. The number of nitrogens with zero attached hydrogens (tertiary/aromatic N) is 3. The number of imidazole rings is 1. The third-order valence-electron chi connectivity index (χ3n) is 3.59. The normalized spacial score (nSPS) is 11.2. The van der Waals surface area contributed by atoms with Gasteiger partial charge in [-0.1, -0.05) is 12.1 Å². The third-order valence-corrected chi connectivity index (χ3v) is 4.62. The lowest BCUT2D eigenvalue weighted by Gasteiger charge is -1.98. The second kappa shape index (κ2) is 5.48. The number of hydrogen-bond donors (Lipinski definition) is 1. The maximum Gasteiger partial charge on any atom is 0.271 e. The average Bonchev–Trinajstić information content (AvgIpc) is 3.15. The zero-order chi connectivity index (χ0) is 15.8. The number of aryl methyl sites for hydroxylation is 1. The summed E-state index contributed by atoms with van der Waals surface area (Å²) in [6, 6.07) is 11.9. The van der Waals surface area contributed by atoms with Crippen LogP contribution in [0.2, 0.25) is 0 Å². The minimum absolute atomic E-state index is 0.189. The summed E-state index contributed by atoms with van der Waals surface area (Å²) in [5, 5.41) is 3.77. The van der Waals surface area contributed by atoms with Gasteiger partial charge in [0.2, 0.25) is 0 Å². The summed E-state index contributed by atoms with van der Waals surface area (Å²) >= 11 is 1.59. The number of hydrogen-bond acceptors (Lipinski definition) is 4. The fourth-order valence-corrected chi connectivity index (χ4v) is 3.34. The number of amides is 1. The molecule has 4 rings (SSSR count). The molecule has 6 heteroatoms. The van der Waals surface area contributed by atoms with E-state index in [1.54, 1.807) is 17.5 Å². The molecule has 0 aliphatic heterocycles. The first-order valence-electron chi connectivity index (χ1n) is 7.27. The maximum absolute atomic E-state index is 12.3. The van der Waals surface area contributed by atoms with E-state index in [0.29, 0.717) is 12.2 Å². The molecular formula is C17H14N4OS. The molecule has 1 aromatic carbocycles. The number of benzene rings is 1. The van der Waals surface area contributed by atoms with Gasteiger partial charge in [0, 0.05) is 12.4 Å². The number of pyridine rings is 1. The van der Waals surface area contributed by atoms with Crippen molar-refractivity contribution in [3.05, 3.63) is 65.1 Å². The summed E-state index contributed by atoms with van der Waals surface area (Å²) in [7, 11) is 0. The van der Waals surface area contributed by atoms with E-state index in [2.05, 4.69) is 15.3 Å². The smallest absolute Gasteiger partial charge is 0.271 e. The summed E-state index contributed by atoms with van der Waals surface area (Å²) < 4.78 is 2.97. The van der Waals surface area contributed by atoms with Gasteiger partial charge in [0.05, 0.1) is 16.8 Å². The Morgan fingerprint density at radius 2 is 2.13 bits per heavy atom. The summed E-state index contributed by atoms with van der Waals surface area (Å²) in [5.74, 6) is -0.189. The number of aromatic nitrogens is 3. The van der Waals surface area contributed by atoms with E-state index >= 15 is 0 Å². The lowest BCUT2D eigenvalue weighted by atomic mass is 10.3. The first-order chi connectivity index (χ1) is 11.2. The molecular weight excluding hydrogens is 308 g/mol. The standard InChI is InChI=1S/C17H14N4OS/c1-11-6-7-21-10-13(19-15(21)8-11)17(22)18-9-16-20-12-4-2-3-5-14(12)23-16/h2-8,10H,9H2,1H3,(H,18,22). The largest absolute Gasteiger partial charge is 0.344 e. The molecule has 0 saturated heterocycles. The van der Waals surface area contributed by atoms with Crippen LogP contribution in [0.1, 0.15) is 21.1 Å². The summed E-state index contributed by atoms with van der Waals surface area (Å²) in [4.78, 5) is 21.2. The maximum atomic E-state index is 12.3. The van der Waals surface area contributed by atoms with Crippen LogP contribution in [-0.2, 0) is 6.54 Å². The minimum atomic E-state index is -0.189. The van der Waals surface area contributed by atoms with Crippen LogP contribution in [0.5, 0.6) is 0 Å². The van der Waals surface area contributed by atoms with Crippen LogP contribution in [0.4, 0.5) is 0 Å². The van der Waals surface area contributed by atoms with Crippen molar-refractivity contribution in [1.82, 2.24) is 19.7 Å². The zero-order valence-electron chi connectivity index (χ0n) is 12.5. The van der Waals surface area contributed by atoms with Crippen LogP contribution < -0.4 is 5.32 Å². The van der Waals surface area contributed by atoms with E-state index in [0.717, 1.165) is 26.4 Å². The SMILES string of the molecule is Cc1ccn2cc(C(=O)NCc3nc4ccccc4s3)nc2c1. The molecule has 0 unspecified atom stereocenters. The van der Waals surface area contributed by atoms with Crippen LogP contribution in [0, 0.1) is 6.92 Å². The molecule has 3 aromatic heterocycles. The number of fused-ring (bicyclic) bond motifs is 2. The van der Waals surface area contributed by atoms with Gasteiger partial charge in [0.1, 0.15) is 16.3 Å². The van der Waals surface area contributed by atoms with Gasteiger partial charge in [-0.25, -0.2) is 9.97 Å². The van der Waals surface area contributed by atoms with Gasteiger partial charge in [-0.05, 0) is 36.8 Å². The number of para-hydroxylation sites is 1. The molecule has 0 fully saturated rings. The molecule has 5 nitrogen and oxygen atoms in total. The van der Waals surface area contributed by atoms with E-state index in [1.807, 2.05) is 53.9 Å². The molecule has 0 atom stereocenters. The Balaban J connectivity index is 1.52. The first-order valence-corrected chi connectivity index (χ1v) is 8.09. The van der Waals surface area contributed by atoms with Crippen molar-refractivity contribution >= 4 is 33.1 Å². The summed E-state index contributed by atoms with van der Waals surface area (Å²) in [6.45, 7) is 2.41. The van der Waals surface area contributed by atoms with Gasteiger partial charge in [0.25, 0.3) is 5.91 Å². The van der Waals surface area contributed by atoms with Gasteiger partial charge in [0.15, 0.2) is 0 Å². The lowest BCUT2D eigenvalue weighted by molar-refractivity contribution is 0.0946. The second-order valence-electron chi connectivity index (χ2n) is 5.35. The predicted molar refractivity (Wildman–Crippen MR) is 90.7 cm³/mol. The predicted octanol–water partition coefficient (Wildman–Crippen LogP) is 3.18. The number of rotatable bonds is 3. The van der Waals surface area contributed by atoms with Gasteiger partial charge in [-0.2, -0.15) is 0 Å². The highest BCUT2D eigenvalue weighted by molar-refractivity contribution is 7.18. The molecule has 0 radical (unpaired) electrons. The van der Waals surface area contributed by atoms with Crippen LogP contribution in [0.3, 0.4) is 0 Å². The molecule has 0 aliphatic rings. The van der Waals surface area contributed by atoms with Crippen LogP contribution >= 0.6 is 11.3 Å². The Kier molecular flexibility index (Phi) is 3.31. The van der Waals surface area contributed by atoms with Crippen LogP contribution in [0.25, 0.3) is 15.9 Å². The van der Waals surface area contributed by atoms with Crippen molar-refractivity contribution < 1.29 is 4.79 Å². The van der Waals surface area contributed by atoms with Crippen molar-refractivity contribution in [2.75, 3.05) is 0 Å². The quantitative estimate of drug-likeness (QED) is 0.630. The molecule has 0 spiro atoms. The molecule has 1 amide bonds. The molecule has 1 N–H and O–H groups in total. The molecule has 4 aromatic rings. The number of nitrogens with one attached hydrogen (secondary N) is 1.